The zero-order valence-corrected chi connectivity index (χ0v) is 71.1. The number of nitrogens with zero attached hydrogens (tertiary/aromatic N) is 5. The first kappa shape index (κ1) is 89.4. The number of halogens is 3. The Morgan fingerprint density at radius 2 is 0.633 bits per heavy atom. The molecule has 0 unspecified atom stereocenters. The van der Waals surface area contributed by atoms with Gasteiger partial charge in [0.05, 0.1) is 14.7 Å². The van der Waals surface area contributed by atoms with E-state index in [1.54, 1.807) is 36.4 Å². The van der Waals surface area contributed by atoms with E-state index >= 15 is 0 Å². The van der Waals surface area contributed by atoms with Crippen LogP contribution in [0.25, 0.3) is 32.3 Å². The Labute approximate surface area is 667 Å². The standard InChI is InChI=1S/C26H26Cl3N3O3S.C25H29N3O2S.C24H27N3O2S.6C2H6/c27-26(28,29)24(33)32-15-13-31(14-16-32)20-7-4-8-21(17-20)36(34,35)30-18-25(11-12-25)23-10-3-6-19-5-1-2-9-22(19)23;1-27-14-16-28(17-15-27)21-8-5-9-22(18-21)31(29,30)26-19-25(12-13-25)24-11-4-7-20-6-2-3-10-23(20)24;28-30(29,21-8-4-7-20(17-21)27-15-13-25-14-16-27)26-18-24(11-12-24)23-10-3-6-19-5-1-2-9-22(19)23;6*1-2/h1-10,17,30H,11-16,18H2;2-11,18,26H,12-17,19H2,1H3;1-10,17,25-26H,11-16,18H2;6*1-2H3. The first-order valence-electron chi connectivity index (χ1n) is 39.4. The summed E-state index contributed by atoms with van der Waals surface area (Å²) in [5.41, 5.74) is 6.01. The first-order chi connectivity index (χ1) is 52.6. The van der Waals surface area contributed by atoms with Gasteiger partial charge in [-0.15, -0.1) is 0 Å². The number of piperazine rings is 3. The number of carbonyl (C=O) groups is 1. The van der Waals surface area contributed by atoms with Gasteiger partial charge in [0.2, 0.25) is 30.1 Å². The van der Waals surface area contributed by atoms with Crippen molar-refractivity contribution in [2.24, 2.45) is 0 Å². The molecule has 0 atom stereocenters. The number of sulfonamides is 3. The summed E-state index contributed by atoms with van der Waals surface area (Å²) in [6.07, 6.45) is 5.91. The molecule has 0 bridgehead atoms. The summed E-state index contributed by atoms with van der Waals surface area (Å²) in [5.74, 6) is -0.548. The largest absolute Gasteiger partial charge is 0.369 e. The molecule has 4 N–H and O–H groups in total. The van der Waals surface area contributed by atoms with Crippen molar-refractivity contribution in [1.29, 1.82) is 0 Å². The molecule has 9 aromatic carbocycles. The lowest BCUT2D eigenvalue weighted by molar-refractivity contribution is -0.130. The van der Waals surface area contributed by atoms with Crippen molar-refractivity contribution >= 4 is 120 Å². The smallest absolute Gasteiger partial charge is 0.274 e. The van der Waals surface area contributed by atoms with Crippen molar-refractivity contribution in [2.45, 2.75) is 156 Å². The van der Waals surface area contributed by atoms with Gasteiger partial charge in [0.15, 0.2) is 0 Å². The van der Waals surface area contributed by atoms with Crippen molar-refractivity contribution in [2.75, 3.05) is 120 Å². The molecule has 22 heteroatoms. The average molecular weight is 1600 g/mol. The fourth-order valence-electron chi connectivity index (χ4n) is 14.0. The van der Waals surface area contributed by atoms with E-state index in [9.17, 15) is 30.0 Å². The third-order valence-corrected chi connectivity index (χ3v) is 25.0. The molecular formula is C87H118Cl3N9O7S3. The third-order valence-electron chi connectivity index (χ3n) is 20.4. The number of nitrogens with one attached hydrogen (secondary N) is 4. The molecule has 592 valence electrons. The van der Waals surface area contributed by atoms with E-state index in [4.69, 9.17) is 34.8 Å². The minimum Gasteiger partial charge on any atom is -0.369 e. The van der Waals surface area contributed by atoms with Crippen LogP contribution in [0.4, 0.5) is 17.1 Å². The van der Waals surface area contributed by atoms with Crippen LogP contribution in [0.1, 0.15) is 138 Å². The lowest BCUT2D eigenvalue weighted by Gasteiger charge is -2.37. The van der Waals surface area contributed by atoms with Gasteiger partial charge in [-0.1, -0.05) is 263 Å². The Balaban J connectivity index is 0.000000213. The number of benzene rings is 9. The Kier molecular flexibility index (Phi) is 34.1. The predicted molar refractivity (Wildman–Crippen MR) is 461 cm³/mol. The molecule has 109 heavy (non-hydrogen) atoms. The number of fused-ring (bicyclic) bond motifs is 3. The molecule has 0 spiro atoms. The van der Waals surface area contributed by atoms with Gasteiger partial charge in [-0.2, -0.15) is 0 Å². The zero-order valence-electron chi connectivity index (χ0n) is 66.4. The summed E-state index contributed by atoms with van der Waals surface area (Å²) in [4.78, 5) is 23.4. The van der Waals surface area contributed by atoms with Gasteiger partial charge < -0.3 is 29.8 Å². The van der Waals surface area contributed by atoms with Crippen molar-refractivity contribution in [3.63, 3.8) is 0 Å². The number of likely N-dealkylation sites (N-methyl/N-ethyl adjacent to an activating group) is 1. The second kappa shape index (κ2) is 41.6. The Bertz CT molecular complexity index is 4690. The predicted octanol–water partition coefficient (Wildman–Crippen LogP) is 17.9. The number of hydrogen-bond acceptors (Lipinski definition) is 12. The number of anilines is 3. The summed E-state index contributed by atoms with van der Waals surface area (Å²) >= 11 is 17.2. The van der Waals surface area contributed by atoms with Crippen LogP contribution in [0.15, 0.2) is 215 Å². The lowest BCUT2D eigenvalue weighted by atomic mass is 9.91. The minimum absolute atomic E-state index is 0.107. The highest BCUT2D eigenvalue weighted by molar-refractivity contribution is 7.90. The summed E-state index contributed by atoms with van der Waals surface area (Å²) in [5, 5.41) is 10.5. The SMILES string of the molecule is CC.CC.CC.CC.CC.CC.CN1CCN(c2cccc(S(=O)(=O)NCC3(c4cccc5ccccc45)CC3)c2)CC1.O=C(N1CCN(c2cccc(S(=O)(=O)NCC3(c4cccc5ccccc45)CC3)c2)CC1)C(Cl)(Cl)Cl.O=S(=O)(NCC1(c2cccc3ccccc23)CC1)c1cccc(N2CCNCC2)c1. The second-order valence-electron chi connectivity index (χ2n) is 26.7. The number of rotatable bonds is 18. The molecule has 15 rings (SSSR count). The first-order valence-corrected chi connectivity index (χ1v) is 45.0. The average Bonchev–Trinajstić information content (AvgIpc) is 1.61. The summed E-state index contributed by atoms with van der Waals surface area (Å²) in [6, 6.07) is 65.3. The normalized spacial score (nSPS) is 16.7. The van der Waals surface area contributed by atoms with E-state index in [-0.39, 0.29) is 21.1 Å². The van der Waals surface area contributed by atoms with Gasteiger partial charge >= 0.3 is 0 Å². The Morgan fingerprint density at radius 1 is 0.367 bits per heavy atom. The molecule has 6 fully saturated rings. The van der Waals surface area contributed by atoms with Gasteiger partial charge in [-0.05, 0) is 149 Å². The Hall–Kier alpha value is -6.85. The number of carbonyl (C=O) groups excluding carboxylic acids is 1. The second-order valence-corrected chi connectivity index (χ2v) is 34.3. The van der Waals surface area contributed by atoms with Crippen molar-refractivity contribution in [3.05, 3.63) is 217 Å². The minimum atomic E-state index is -3.71. The van der Waals surface area contributed by atoms with Gasteiger partial charge in [-0.3, -0.25) is 4.79 Å². The topological polar surface area (TPSA) is 184 Å². The molecule has 16 nitrogen and oxygen atoms in total. The van der Waals surface area contributed by atoms with Gasteiger partial charge in [0, 0.05) is 131 Å². The van der Waals surface area contributed by atoms with Crippen molar-refractivity contribution in [1.82, 2.24) is 29.3 Å². The van der Waals surface area contributed by atoms with Gasteiger partial charge in [0.1, 0.15) is 0 Å². The lowest BCUT2D eigenvalue weighted by Crippen LogP contribution is -2.51. The number of alkyl halides is 3. The molecule has 1 amide bonds. The number of amides is 1. The quantitative estimate of drug-likeness (QED) is 0.0597. The van der Waals surface area contributed by atoms with Crippen LogP contribution < -0.4 is 34.2 Å². The van der Waals surface area contributed by atoms with Crippen LogP contribution >= 0.6 is 34.8 Å². The van der Waals surface area contributed by atoms with Crippen LogP contribution in [0.5, 0.6) is 0 Å². The molecule has 6 aliphatic rings. The maximum atomic E-state index is 13.3. The van der Waals surface area contributed by atoms with Gasteiger partial charge in [-0.25, -0.2) is 39.4 Å². The maximum absolute atomic E-state index is 13.3. The maximum Gasteiger partial charge on any atom is 0.274 e. The van der Waals surface area contributed by atoms with E-state index in [1.807, 2.05) is 161 Å². The highest BCUT2D eigenvalue weighted by atomic mass is 35.6. The van der Waals surface area contributed by atoms with E-state index in [2.05, 4.69) is 132 Å². The van der Waals surface area contributed by atoms with E-state index in [0.717, 1.165) is 113 Å². The fraction of sp³-hybridized carbons (Fsp3) is 0.437. The van der Waals surface area contributed by atoms with E-state index in [0.29, 0.717) is 55.6 Å². The van der Waals surface area contributed by atoms with Crippen LogP contribution in [-0.2, 0) is 51.1 Å². The highest BCUT2D eigenvalue weighted by Crippen LogP contribution is 2.52. The van der Waals surface area contributed by atoms with Crippen LogP contribution in [-0.4, -0.2) is 150 Å². The third kappa shape index (κ3) is 23.0. The molecule has 3 aliphatic carbocycles. The molecule has 3 heterocycles. The molecule has 0 radical (unpaired) electrons. The molecule has 0 aromatic heterocycles. The number of hydrogen-bond donors (Lipinski definition) is 4. The van der Waals surface area contributed by atoms with Crippen LogP contribution in [0, 0.1) is 0 Å². The van der Waals surface area contributed by atoms with Gasteiger partial charge in [0.25, 0.3) is 9.70 Å². The zero-order chi connectivity index (χ0) is 79.6. The van der Waals surface area contributed by atoms with Crippen LogP contribution in [0.3, 0.4) is 0 Å². The summed E-state index contributed by atoms with van der Waals surface area (Å²) < 4.78 is 85.7. The van der Waals surface area contributed by atoms with E-state index in [1.165, 1.54) is 48.5 Å². The Morgan fingerprint density at radius 3 is 0.927 bits per heavy atom. The highest BCUT2D eigenvalue weighted by Gasteiger charge is 2.48. The van der Waals surface area contributed by atoms with Crippen LogP contribution in [0.2, 0.25) is 0 Å². The molecule has 3 saturated heterocycles. The molecular weight excluding hydrogens is 1490 g/mol. The monoisotopic (exact) mass is 1600 g/mol. The fourth-order valence-corrected chi connectivity index (χ4v) is 17.8. The molecule has 3 aliphatic heterocycles. The summed E-state index contributed by atoms with van der Waals surface area (Å²) in [7, 11) is -8.74. The summed E-state index contributed by atoms with van der Waals surface area (Å²) in [6.45, 7) is 34.4. The molecule has 3 saturated carbocycles. The van der Waals surface area contributed by atoms with Crippen molar-refractivity contribution < 1.29 is 30.0 Å². The van der Waals surface area contributed by atoms with Crippen molar-refractivity contribution in [3.8, 4) is 0 Å². The van der Waals surface area contributed by atoms with E-state index < -0.39 is 39.8 Å². The molecule has 9 aromatic rings.